The Morgan fingerprint density at radius 2 is 2.28 bits per heavy atom. The van der Waals surface area contributed by atoms with Crippen molar-refractivity contribution in [3.8, 4) is 11.5 Å². The molecule has 0 aliphatic carbocycles. The predicted molar refractivity (Wildman–Crippen MR) is 65.0 cm³/mol. The topological polar surface area (TPSA) is 44.8 Å². The van der Waals surface area contributed by atoms with E-state index in [4.69, 9.17) is 14.2 Å². The lowest BCUT2D eigenvalue weighted by Crippen LogP contribution is -2.13. The number of hydrogen-bond donors (Lipinski definition) is 0. The van der Waals surface area contributed by atoms with Gasteiger partial charge in [0.2, 0.25) is 0 Å². The van der Waals surface area contributed by atoms with Crippen molar-refractivity contribution in [1.29, 1.82) is 0 Å². The molecule has 3 rings (SSSR count). The molecule has 2 aliphatic rings. The maximum absolute atomic E-state index is 11.7. The van der Waals surface area contributed by atoms with E-state index >= 15 is 0 Å². The molecule has 0 amide bonds. The third-order valence-electron chi connectivity index (χ3n) is 3.45. The molecule has 2 heterocycles. The molecule has 0 unspecified atom stereocenters. The first-order valence-corrected chi connectivity index (χ1v) is 5.83. The van der Waals surface area contributed by atoms with Gasteiger partial charge in [0, 0.05) is 23.6 Å². The molecule has 0 fully saturated rings. The average molecular weight is 246 g/mol. The lowest BCUT2D eigenvalue weighted by Gasteiger charge is -2.10. The summed E-state index contributed by atoms with van der Waals surface area (Å²) in [7, 11) is 1.54. The van der Waals surface area contributed by atoms with Gasteiger partial charge in [0.1, 0.15) is 29.8 Å². The first-order valence-electron chi connectivity index (χ1n) is 5.83. The van der Waals surface area contributed by atoms with E-state index in [-0.39, 0.29) is 12.1 Å². The molecular weight excluding hydrogens is 232 g/mol. The molecule has 0 bridgehead atoms. The molecule has 1 aromatic carbocycles. The number of ether oxygens (including phenoxy) is 3. The molecule has 1 aromatic rings. The molecule has 0 saturated heterocycles. The summed E-state index contributed by atoms with van der Waals surface area (Å²) < 4.78 is 16.2. The Balaban J connectivity index is 2.14. The van der Waals surface area contributed by atoms with Crippen LogP contribution >= 0.6 is 0 Å². The number of cyclic esters (lactones) is 1. The van der Waals surface area contributed by atoms with E-state index < -0.39 is 0 Å². The Bertz CT molecular complexity index is 559. The fraction of sp³-hybridized carbons (Fsp3) is 0.357. The van der Waals surface area contributed by atoms with E-state index in [1.54, 1.807) is 13.2 Å². The summed E-state index contributed by atoms with van der Waals surface area (Å²) >= 11 is 0. The van der Waals surface area contributed by atoms with Crippen LogP contribution in [-0.2, 0) is 17.8 Å². The van der Waals surface area contributed by atoms with Crippen LogP contribution in [0.25, 0.3) is 0 Å². The molecule has 0 aromatic heterocycles. The highest BCUT2D eigenvalue weighted by molar-refractivity contribution is 5.97. The van der Waals surface area contributed by atoms with Gasteiger partial charge in [-0.05, 0) is 12.5 Å². The molecule has 18 heavy (non-hydrogen) atoms. The number of esters is 1. The van der Waals surface area contributed by atoms with Crippen LogP contribution in [0.5, 0.6) is 11.5 Å². The van der Waals surface area contributed by atoms with Gasteiger partial charge in [-0.3, -0.25) is 0 Å². The van der Waals surface area contributed by atoms with Gasteiger partial charge < -0.3 is 14.2 Å². The van der Waals surface area contributed by atoms with Crippen LogP contribution in [-0.4, -0.2) is 19.2 Å². The van der Waals surface area contributed by atoms with Crippen molar-refractivity contribution >= 4 is 5.97 Å². The minimum absolute atomic E-state index is 0.0214. The minimum Gasteiger partial charge on any atom is -0.496 e. The van der Waals surface area contributed by atoms with E-state index in [1.165, 1.54) is 0 Å². The molecule has 0 N–H and O–H groups in total. The molecule has 4 nitrogen and oxygen atoms in total. The van der Waals surface area contributed by atoms with Gasteiger partial charge in [0.15, 0.2) is 0 Å². The normalized spacial score (nSPS) is 19.9. The predicted octanol–water partition coefficient (Wildman–Crippen LogP) is 2.25. The monoisotopic (exact) mass is 246 g/mol. The third kappa shape index (κ3) is 1.41. The van der Waals surface area contributed by atoms with E-state index in [1.807, 2.05) is 6.92 Å². The van der Waals surface area contributed by atoms with Crippen molar-refractivity contribution in [3.63, 3.8) is 0 Å². The Hall–Kier alpha value is -1.97. The van der Waals surface area contributed by atoms with Crippen LogP contribution in [0.2, 0.25) is 0 Å². The molecule has 0 radical (unpaired) electrons. The number of rotatable bonds is 2. The lowest BCUT2D eigenvalue weighted by atomic mass is 9.97. The van der Waals surface area contributed by atoms with Crippen molar-refractivity contribution in [2.45, 2.75) is 26.1 Å². The second-order valence-corrected chi connectivity index (χ2v) is 4.64. The van der Waals surface area contributed by atoms with Crippen molar-refractivity contribution < 1.29 is 19.0 Å². The Kier molecular flexibility index (Phi) is 2.33. The molecule has 94 valence electrons. The van der Waals surface area contributed by atoms with Gasteiger partial charge >= 0.3 is 5.97 Å². The summed E-state index contributed by atoms with van der Waals surface area (Å²) in [5.41, 5.74) is 3.47. The number of hydrogen-bond acceptors (Lipinski definition) is 4. The maximum atomic E-state index is 11.7. The number of benzene rings is 1. The van der Waals surface area contributed by atoms with Gasteiger partial charge in [0.05, 0.1) is 7.11 Å². The quantitative estimate of drug-likeness (QED) is 0.593. The molecule has 0 spiro atoms. The third-order valence-corrected chi connectivity index (χ3v) is 3.45. The summed E-state index contributed by atoms with van der Waals surface area (Å²) in [5, 5.41) is 0. The van der Waals surface area contributed by atoms with Crippen LogP contribution < -0.4 is 9.47 Å². The highest BCUT2D eigenvalue weighted by Crippen LogP contribution is 2.42. The van der Waals surface area contributed by atoms with Crippen molar-refractivity contribution in [3.05, 3.63) is 34.9 Å². The van der Waals surface area contributed by atoms with Crippen molar-refractivity contribution in [2.24, 2.45) is 0 Å². The average Bonchev–Trinajstić information content (AvgIpc) is 2.92. The molecule has 0 saturated carbocycles. The zero-order valence-electron chi connectivity index (χ0n) is 10.4. The smallest absolute Gasteiger partial charge is 0.342 e. The van der Waals surface area contributed by atoms with Crippen LogP contribution in [0, 0.1) is 0 Å². The van der Waals surface area contributed by atoms with E-state index in [9.17, 15) is 4.79 Å². The highest BCUT2D eigenvalue weighted by atomic mass is 16.5. The van der Waals surface area contributed by atoms with Crippen molar-refractivity contribution in [2.75, 3.05) is 7.11 Å². The minimum atomic E-state index is -0.316. The van der Waals surface area contributed by atoms with Crippen LogP contribution in [0.3, 0.4) is 0 Å². The highest BCUT2D eigenvalue weighted by Gasteiger charge is 2.35. The van der Waals surface area contributed by atoms with Gasteiger partial charge in [-0.25, -0.2) is 4.79 Å². The first-order chi connectivity index (χ1) is 8.61. The van der Waals surface area contributed by atoms with Gasteiger partial charge in [-0.2, -0.15) is 0 Å². The molecule has 4 heteroatoms. The Morgan fingerprint density at radius 3 is 2.94 bits per heavy atom. The lowest BCUT2D eigenvalue weighted by molar-refractivity contribution is 0.0532. The Morgan fingerprint density at radius 1 is 1.50 bits per heavy atom. The molecule has 2 aliphatic heterocycles. The fourth-order valence-electron chi connectivity index (χ4n) is 2.46. The second kappa shape index (κ2) is 3.77. The van der Waals surface area contributed by atoms with E-state index in [0.29, 0.717) is 17.9 Å². The van der Waals surface area contributed by atoms with Crippen molar-refractivity contribution in [1.82, 2.24) is 0 Å². The van der Waals surface area contributed by atoms with Gasteiger partial charge in [0.25, 0.3) is 0 Å². The summed E-state index contributed by atoms with van der Waals surface area (Å²) in [6, 6.07) is 1.77. The summed E-state index contributed by atoms with van der Waals surface area (Å²) in [6.07, 6.45) is 0.722. The first kappa shape index (κ1) is 11.1. The number of fused-ring (bicyclic) bond motifs is 3. The standard InChI is InChI=1S/C14H14O4/c1-7(2)10-4-8-9-6-17-14(15)13(9)12(16-3)5-11(8)18-10/h5,10H,1,4,6H2,2-3H3/t10-/m0/s1. The summed E-state index contributed by atoms with van der Waals surface area (Å²) in [4.78, 5) is 11.7. The second-order valence-electron chi connectivity index (χ2n) is 4.64. The van der Waals surface area contributed by atoms with Gasteiger partial charge in [-0.15, -0.1) is 0 Å². The summed E-state index contributed by atoms with van der Waals surface area (Å²) in [5.74, 6) is 0.981. The number of carbonyl (C=O) groups is 1. The number of carbonyl (C=O) groups excluding carboxylic acids is 1. The molecule has 1 atom stereocenters. The van der Waals surface area contributed by atoms with E-state index in [2.05, 4.69) is 6.58 Å². The maximum Gasteiger partial charge on any atom is 0.342 e. The molecular formula is C14H14O4. The summed E-state index contributed by atoms with van der Waals surface area (Å²) in [6.45, 7) is 6.16. The van der Waals surface area contributed by atoms with E-state index in [0.717, 1.165) is 28.9 Å². The van der Waals surface area contributed by atoms with Crippen LogP contribution in [0.15, 0.2) is 18.2 Å². The van der Waals surface area contributed by atoms with Crippen LogP contribution in [0.4, 0.5) is 0 Å². The van der Waals surface area contributed by atoms with Gasteiger partial charge in [-0.1, -0.05) is 6.58 Å². The fourth-order valence-corrected chi connectivity index (χ4v) is 2.46. The largest absolute Gasteiger partial charge is 0.496 e. The zero-order chi connectivity index (χ0) is 12.9. The number of methoxy groups -OCH3 is 1. The SMILES string of the molecule is C=C(C)[C@@H]1Cc2c(cc(OC)c3c2COC3=O)O1. The Labute approximate surface area is 105 Å². The zero-order valence-corrected chi connectivity index (χ0v) is 10.4. The van der Waals surface area contributed by atoms with Crippen LogP contribution in [0.1, 0.15) is 28.4 Å².